The van der Waals surface area contributed by atoms with Gasteiger partial charge >= 0.3 is 0 Å². The van der Waals surface area contributed by atoms with Crippen molar-refractivity contribution < 1.29 is 4.79 Å². The van der Waals surface area contributed by atoms with Crippen molar-refractivity contribution in [3.8, 4) is 0 Å². The highest BCUT2D eigenvalue weighted by atomic mass is 35.5. The van der Waals surface area contributed by atoms with Crippen LogP contribution in [0.15, 0.2) is 6.20 Å². The summed E-state index contributed by atoms with van der Waals surface area (Å²) < 4.78 is 3.98. The number of nitrogens with one attached hydrogen (secondary N) is 1. The molecule has 0 radical (unpaired) electrons. The Morgan fingerprint density at radius 2 is 2.16 bits per heavy atom. The van der Waals surface area contributed by atoms with Crippen molar-refractivity contribution in [1.29, 1.82) is 0 Å². The summed E-state index contributed by atoms with van der Waals surface area (Å²) in [5.74, 6) is 0.887. The third-order valence-electron chi connectivity index (χ3n) is 2.24. The van der Waals surface area contributed by atoms with Gasteiger partial charge in [-0.2, -0.15) is 4.37 Å². The van der Waals surface area contributed by atoms with E-state index in [4.69, 9.17) is 11.6 Å². The van der Waals surface area contributed by atoms with Crippen molar-refractivity contribution in [1.82, 2.24) is 19.3 Å². The lowest BCUT2D eigenvalue weighted by Crippen LogP contribution is -2.16. The van der Waals surface area contributed by atoms with E-state index in [-0.39, 0.29) is 16.6 Å². The van der Waals surface area contributed by atoms with Gasteiger partial charge in [0.15, 0.2) is 5.69 Å². The number of aromatic nitrogens is 4. The predicted octanol–water partition coefficient (Wildman–Crippen LogP) is 2.67. The minimum Gasteiger partial charge on any atom is -0.295 e. The van der Waals surface area contributed by atoms with Crippen LogP contribution in [-0.2, 0) is 0 Å². The van der Waals surface area contributed by atoms with E-state index < -0.39 is 5.91 Å². The van der Waals surface area contributed by atoms with Crippen LogP contribution >= 0.6 is 23.1 Å². The molecule has 2 rings (SSSR count). The highest BCUT2D eigenvalue weighted by Crippen LogP contribution is 2.18. The number of anilines is 1. The number of halogens is 1. The van der Waals surface area contributed by atoms with Crippen molar-refractivity contribution in [2.75, 3.05) is 5.32 Å². The number of rotatable bonds is 3. The van der Waals surface area contributed by atoms with Crippen molar-refractivity contribution >= 4 is 34.2 Å². The van der Waals surface area contributed by atoms with Gasteiger partial charge in [0.25, 0.3) is 5.91 Å². The summed E-state index contributed by atoms with van der Waals surface area (Å²) in [6.45, 7) is 5.64. The number of nitrogens with zero attached hydrogens (tertiary/aromatic N) is 4. The molecule has 0 aliphatic heterocycles. The summed E-state index contributed by atoms with van der Waals surface area (Å²) in [4.78, 5) is 24.4. The van der Waals surface area contributed by atoms with Crippen molar-refractivity contribution in [2.45, 2.75) is 26.7 Å². The molecule has 0 aliphatic rings. The molecule has 1 amide bonds. The molecule has 0 saturated carbocycles. The maximum atomic E-state index is 12.1. The summed E-state index contributed by atoms with van der Waals surface area (Å²) in [5, 5.41) is 3.25. The molecule has 0 bridgehead atoms. The summed E-state index contributed by atoms with van der Waals surface area (Å²) in [6, 6.07) is 0. The fraction of sp³-hybridized carbons (Fsp3) is 0.364. The average Bonchev–Trinajstić information content (AvgIpc) is 2.74. The fourth-order valence-corrected chi connectivity index (χ4v) is 2.07. The normalized spacial score (nSPS) is 10.8. The van der Waals surface area contributed by atoms with Crippen molar-refractivity contribution in [3.05, 3.63) is 28.6 Å². The molecule has 2 aromatic rings. The van der Waals surface area contributed by atoms with Gasteiger partial charge in [0.05, 0.1) is 11.2 Å². The summed E-state index contributed by atoms with van der Waals surface area (Å²) in [6.07, 6.45) is 1.43. The average molecular weight is 298 g/mol. The Labute approximate surface area is 119 Å². The van der Waals surface area contributed by atoms with E-state index in [0.29, 0.717) is 16.8 Å². The van der Waals surface area contributed by atoms with E-state index in [2.05, 4.69) is 24.6 Å². The summed E-state index contributed by atoms with van der Waals surface area (Å²) >= 11 is 7.06. The fourth-order valence-electron chi connectivity index (χ4n) is 1.32. The molecule has 0 unspecified atom stereocenters. The van der Waals surface area contributed by atoms with Crippen LogP contribution < -0.4 is 5.32 Å². The first-order valence-corrected chi connectivity index (χ1v) is 6.76. The zero-order valence-electron chi connectivity index (χ0n) is 10.6. The smallest absolute Gasteiger partial charge is 0.277 e. The van der Waals surface area contributed by atoms with Crippen molar-refractivity contribution in [3.63, 3.8) is 0 Å². The first kappa shape index (κ1) is 13.8. The zero-order valence-corrected chi connectivity index (χ0v) is 12.2. The molecule has 2 heterocycles. The third kappa shape index (κ3) is 3.24. The highest BCUT2D eigenvalue weighted by molar-refractivity contribution is 7.09. The lowest BCUT2D eigenvalue weighted by molar-refractivity contribution is 0.102. The van der Waals surface area contributed by atoms with Gasteiger partial charge in [-0.05, 0) is 6.92 Å². The second kappa shape index (κ2) is 5.58. The van der Waals surface area contributed by atoms with Crippen LogP contribution in [0.5, 0.6) is 0 Å². The molecule has 1 N–H and O–H groups in total. The predicted molar refractivity (Wildman–Crippen MR) is 73.7 cm³/mol. The largest absolute Gasteiger partial charge is 0.295 e. The molecule has 0 saturated heterocycles. The molecule has 6 nitrogen and oxygen atoms in total. The summed E-state index contributed by atoms with van der Waals surface area (Å²) in [5.41, 5.74) is 0.146. The molecule has 100 valence electrons. The monoisotopic (exact) mass is 297 g/mol. The molecule has 0 spiro atoms. The van der Waals surface area contributed by atoms with Crippen LogP contribution in [0.4, 0.5) is 5.13 Å². The quantitative estimate of drug-likeness (QED) is 0.942. The molecule has 19 heavy (non-hydrogen) atoms. The number of carbonyl (C=O) groups excluding carboxylic acids is 1. The van der Waals surface area contributed by atoms with Gasteiger partial charge in [0, 0.05) is 17.5 Å². The summed E-state index contributed by atoms with van der Waals surface area (Å²) in [7, 11) is 0. The van der Waals surface area contributed by atoms with E-state index in [9.17, 15) is 4.79 Å². The van der Waals surface area contributed by atoms with E-state index in [1.807, 2.05) is 13.8 Å². The Bertz CT molecular complexity index is 613. The van der Waals surface area contributed by atoms with Crippen LogP contribution in [0, 0.1) is 6.92 Å². The van der Waals surface area contributed by atoms with Gasteiger partial charge in [-0.15, -0.1) is 0 Å². The molecule has 0 aliphatic carbocycles. The number of hydrogen-bond acceptors (Lipinski definition) is 6. The molecule has 8 heteroatoms. The van der Waals surface area contributed by atoms with Gasteiger partial charge in [0.2, 0.25) is 5.13 Å². The van der Waals surface area contributed by atoms with Gasteiger partial charge in [0.1, 0.15) is 11.6 Å². The Kier molecular flexibility index (Phi) is 4.06. The first-order chi connectivity index (χ1) is 8.97. The molecule has 2 aromatic heterocycles. The van der Waals surface area contributed by atoms with Crippen LogP contribution in [0.2, 0.25) is 5.02 Å². The molecular formula is C11H12ClN5OS. The lowest BCUT2D eigenvalue weighted by atomic mass is 10.2. The van der Waals surface area contributed by atoms with Gasteiger partial charge in [-0.1, -0.05) is 25.4 Å². The number of amides is 1. The topological polar surface area (TPSA) is 80.7 Å². The zero-order chi connectivity index (χ0) is 14.0. The third-order valence-corrected chi connectivity index (χ3v) is 3.24. The van der Waals surface area contributed by atoms with E-state index in [0.717, 1.165) is 11.5 Å². The number of aryl methyl sites for hydroxylation is 1. The number of carbonyl (C=O) groups is 1. The molecule has 0 aromatic carbocycles. The Morgan fingerprint density at radius 3 is 2.74 bits per heavy atom. The second-order valence-corrected chi connectivity index (χ2v) is 5.34. The van der Waals surface area contributed by atoms with E-state index >= 15 is 0 Å². The van der Waals surface area contributed by atoms with Crippen LogP contribution in [-0.4, -0.2) is 25.2 Å². The maximum absolute atomic E-state index is 12.1. The van der Waals surface area contributed by atoms with E-state index in [1.165, 1.54) is 6.20 Å². The van der Waals surface area contributed by atoms with Crippen LogP contribution in [0.3, 0.4) is 0 Å². The van der Waals surface area contributed by atoms with E-state index in [1.54, 1.807) is 6.92 Å². The number of hydrogen-bond donors (Lipinski definition) is 1. The Balaban J connectivity index is 2.25. The highest BCUT2D eigenvalue weighted by Gasteiger charge is 2.16. The minimum absolute atomic E-state index is 0.118. The van der Waals surface area contributed by atoms with Gasteiger partial charge < -0.3 is 0 Å². The molecule has 0 atom stereocenters. The van der Waals surface area contributed by atoms with Crippen molar-refractivity contribution in [2.24, 2.45) is 0 Å². The second-order valence-electron chi connectivity index (χ2n) is 4.18. The Hall–Kier alpha value is -1.60. The van der Waals surface area contributed by atoms with Crippen LogP contribution in [0.25, 0.3) is 0 Å². The first-order valence-electron chi connectivity index (χ1n) is 5.61. The van der Waals surface area contributed by atoms with Gasteiger partial charge in [-0.3, -0.25) is 10.1 Å². The lowest BCUT2D eigenvalue weighted by Gasteiger charge is -2.07. The Morgan fingerprint density at radius 1 is 1.42 bits per heavy atom. The SMILES string of the molecule is Cc1nsc(NC(=O)c2nc(C(C)C)ncc2Cl)n1. The maximum Gasteiger partial charge on any atom is 0.277 e. The molecule has 0 fully saturated rings. The van der Waals surface area contributed by atoms with Crippen LogP contribution in [0.1, 0.15) is 41.9 Å². The minimum atomic E-state index is -0.412. The standard InChI is InChI=1S/C11H12ClN5OS/c1-5(2)9-13-4-7(12)8(15-9)10(18)16-11-14-6(3)17-19-11/h4-5H,1-3H3,(H,14,16,17,18). The molecular weight excluding hydrogens is 286 g/mol. The van der Waals surface area contributed by atoms with Gasteiger partial charge in [-0.25, -0.2) is 15.0 Å².